The Morgan fingerprint density at radius 1 is 0.957 bits per heavy atom. The number of phenols is 1. The number of ether oxygens (including phenoxy) is 1. The van der Waals surface area contributed by atoms with Gasteiger partial charge in [0.15, 0.2) is 0 Å². The van der Waals surface area contributed by atoms with Gasteiger partial charge in [-0.25, -0.2) is 4.79 Å². The van der Waals surface area contributed by atoms with Crippen LogP contribution in [0.4, 0.5) is 16.2 Å². The maximum atomic E-state index is 12.9. The van der Waals surface area contributed by atoms with Crippen molar-refractivity contribution in [3.63, 3.8) is 0 Å². The number of carbonyl (C=O) groups is 3. The second-order valence-electron chi connectivity index (χ2n) is 12.1. The lowest BCUT2D eigenvalue weighted by Gasteiger charge is -2.38. The Balaban J connectivity index is 1.04. The summed E-state index contributed by atoms with van der Waals surface area (Å²) in [5.74, 6) is -0.0254. The minimum Gasteiger partial charge on any atom is -0.506 e. The zero-order valence-corrected chi connectivity index (χ0v) is 27.0. The average Bonchev–Trinajstić information content (AvgIpc) is 3.07. The second kappa shape index (κ2) is 18.0. The Hall–Kier alpha value is -4.45. The van der Waals surface area contributed by atoms with Crippen LogP contribution in [0.3, 0.4) is 0 Å². The quantitative estimate of drug-likeness (QED) is 0.0680. The number of unbranched alkanes of at least 4 members (excludes halogenated alkanes) is 2. The third kappa shape index (κ3) is 11.4. The molecule has 0 saturated carbocycles. The maximum absolute atomic E-state index is 12.9. The predicted molar refractivity (Wildman–Crippen MR) is 183 cm³/mol. The summed E-state index contributed by atoms with van der Waals surface area (Å²) < 4.78 is 5.90. The van der Waals surface area contributed by atoms with Gasteiger partial charge in [0.05, 0.1) is 17.5 Å². The number of aromatic hydroxyl groups is 1. The van der Waals surface area contributed by atoms with Gasteiger partial charge in [-0.15, -0.1) is 0 Å². The number of para-hydroxylation sites is 1. The fraction of sp³-hybridized carbons (Fsp3) is 0.417. The van der Waals surface area contributed by atoms with Crippen molar-refractivity contribution in [3.8, 4) is 16.9 Å². The van der Waals surface area contributed by atoms with Crippen molar-refractivity contribution >= 4 is 29.8 Å². The van der Waals surface area contributed by atoms with E-state index in [1.54, 1.807) is 12.1 Å². The molecule has 1 aliphatic rings. The van der Waals surface area contributed by atoms with E-state index in [1.165, 1.54) is 6.07 Å². The summed E-state index contributed by atoms with van der Waals surface area (Å²) in [5.41, 5.74) is 2.95. The zero-order chi connectivity index (χ0) is 33.5. The molecule has 0 bridgehead atoms. The van der Waals surface area contributed by atoms with E-state index in [4.69, 9.17) is 4.74 Å². The lowest BCUT2D eigenvalue weighted by atomic mass is 9.93. The molecule has 0 unspecified atom stereocenters. The normalized spacial score (nSPS) is 14.9. The number of nitrogens with one attached hydrogen (secondary N) is 4. The van der Waals surface area contributed by atoms with Gasteiger partial charge >= 0.3 is 6.09 Å². The van der Waals surface area contributed by atoms with Crippen LogP contribution >= 0.6 is 0 Å². The van der Waals surface area contributed by atoms with E-state index < -0.39 is 17.8 Å². The fourth-order valence-corrected chi connectivity index (χ4v) is 5.60. The molecule has 1 saturated heterocycles. The molecule has 3 aromatic carbocycles. The lowest BCUT2D eigenvalue weighted by Crippen LogP contribution is -2.46. The van der Waals surface area contributed by atoms with E-state index in [0.717, 1.165) is 50.0 Å². The van der Waals surface area contributed by atoms with Crippen LogP contribution in [0, 0.1) is 0 Å². The number of piperidine rings is 1. The number of aliphatic hydroxyl groups is 1. The minimum absolute atomic E-state index is 0.0321. The number of rotatable bonds is 17. The highest BCUT2D eigenvalue weighted by molar-refractivity contribution is 5.91. The Labute approximate surface area is 276 Å². The first-order valence-electron chi connectivity index (χ1n) is 16.3. The van der Waals surface area contributed by atoms with Gasteiger partial charge in [-0.3, -0.25) is 14.9 Å². The van der Waals surface area contributed by atoms with Gasteiger partial charge in [0.1, 0.15) is 11.4 Å². The summed E-state index contributed by atoms with van der Waals surface area (Å²) in [6.45, 7) is 5.83. The lowest BCUT2D eigenvalue weighted by molar-refractivity contribution is -0.121. The van der Waals surface area contributed by atoms with E-state index >= 15 is 0 Å². The van der Waals surface area contributed by atoms with Crippen LogP contribution < -0.4 is 21.3 Å². The van der Waals surface area contributed by atoms with E-state index in [2.05, 4.69) is 26.2 Å². The van der Waals surface area contributed by atoms with Crippen molar-refractivity contribution in [1.29, 1.82) is 0 Å². The summed E-state index contributed by atoms with van der Waals surface area (Å²) in [6, 6.07) is 22.2. The van der Waals surface area contributed by atoms with Crippen molar-refractivity contribution in [3.05, 3.63) is 78.4 Å². The number of phenolic OH excluding ortho intramolecular Hbond substituents is 1. The van der Waals surface area contributed by atoms with Crippen LogP contribution in [0.2, 0.25) is 0 Å². The van der Waals surface area contributed by atoms with Crippen molar-refractivity contribution < 1.29 is 29.3 Å². The molecule has 6 N–H and O–H groups in total. The first-order chi connectivity index (χ1) is 22.8. The molecule has 3 aromatic rings. The molecule has 4 rings (SSSR count). The first-order valence-corrected chi connectivity index (χ1v) is 16.3. The molecular weight excluding hydrogens is 598 g/mol. The number of amides is 3. The summed E-state index contributed by atoms with van der Waals surface area (Å²) >= 11 is 0. The van der Waals surface area contributed by atoms with E-state index in [0.29, 0.717) is 56.6 Å². The second-order valence-corrected chi connectivity index (χ2v) is 12.1. The number of likely N-dealkylation sites (tertiary alicyclic amines) is 1. The van der Waals surface area contributed by atoms with Crippen LogP contribution in [0.1, 0.15) is 57.1 Å². The molecule has 3 amide bonds. The number of nitrogens with zero attached hydrogens (tertiary/aromatic N) is 1. The third-order valence-electron chi connectivity index (χ3n) is 8.47. The number of carbonyl (C=O) groups excluding carboxylic acids is 3. The molecule has 1 aliphatic heterocycles. The molecule has 1 heterocycles. The number of benzene rings is 3. The van der Waals surface area contributed by atoms with Crippen LogP contribution in [0.25, 0.3) is 11.1 Å². The summed E-state index contributed by atoms with van der Waals surface area (Å²) in [5, 5.41) is 31.7. The van der Waals surface area contributed by atoms with Crippen LogP contribution in [0.15, 0.2) is 72.8 Å². The number of aliphatic hydroxyl groups excluding tert-OH is 1. The Morgan fingerprint density at radius 2 is 1.68 bits per heavy atom. The van der Waals surface area contributed by atoms with Gasteiger partial charge in [-0.1, -0.05) is 61.0 Å². The number of hydrogen-bond donors (Lipinski definition) is 6. The van der Waals surface area contributed by atoms with Gasteiger partial charge in [-0.2, -0.15) is 0 Å². The van der Waals surface area contributed by atoms with Gasteiger partial charge in [-0.05, 0) is 68.5 Å². The Bertz CT molecular complexity index is 1440. The van der Waals surface area contributed by atoms with E-state index in [9.17, 15) is 24.6 Å². The highest BCUT2D eigenvalue weighted by Gasteiger charge is 2.34. The number of hydrogen-bond acceptors (Lipinski definition) is 8. The van der Waals surface area contributed by atoms with Crippen LogP contribution in [-0.2, 0) is 14.3 Å². The molecule has 11 nitrogen and oxygen atoms in total. The zero-order valence-electron chi connectivity index (χ0n) is 27.0. The minimum atomic E-state index is -0.767. The molecule has 0 radical (unpaired) electrons. The molecule has 1 atom stereocenters. The molecule has 0 aromatic heterocycles. The third-order valence-corrected chi connectivity index (χ3v) is 8.47. The van der Waals surface area contributed by atoms with Crippen molar-refractivity contribution in [1.82, 2.24) is 15.5 Å². The Morgan fingerprint density at radius 3 is 2.45 bits per heavy atom. The topological polar surface area (TPSA) is 152 Å². The predicted octanol–water partition coefficient (Wildman–Crippen LogP) is 5.03. The van der Waals surface area contributed by atoms with Crippen molar-refractivity contribution in [2.45, 2.75) is 57.2 Å². The number of anilines is 2. The standard InChI is InChI=1S/C36H47N5O6/c1-36(47-35(46)40-30-13-7-6-12-29(30)27-10-4-2-5-11-27)17-22-41(23-18-36)21-16-34(45)38-20-9-3-8-19-37-25-33(44)28-14-15-32(43)31(24-28)39-26-42/h2,4-7,10-15,24,26,33,37,43-44H,3,8-9,16-23,25H2,1H3,(H,38,45)(H,39,42)(H,40,46)/t33-/m0/s1. The smallest absolute Gasteiger partial charge is 0.412 e. The molecule has 0 spiro atoms. The first kappa shape index (κ1) is 35.4. The maximum Gasteiger partial charge on any atom is 0.412 e. The molecule has 0 aliphatic carbocycles. The van der Waals surface area contributed by atoms with E-state index in [-0.39, 0.29) is 17.3 Å². The Kier molecular flexibility index (Phi) is 13.6. The molecule has 1 fully saturated rings. The highest BCUT2D eigenvalue weighted by Crippen LogP contribution is 2.30. The van der Waals surface area contributed by atoms with Gasteiger partial charge < -0.3 is 35.8 Å². The van der Waals surface area contributed by atoms with Gasteiger partial charge in [0.2, 0.25) is 12.3 Å². The SMILES string of the molecule is CC1(OC(=O)Nc2ccccc2-c2ccccc2)CCN(CCC(=O)NCCCCCNC[C@H](O)c2ccc(O)c(NC=O)c2)CC1. The van der Waals surface area contributed by atoms with Gasteiger partial charge in [0, 0.05) is 44.7 Å². The van der Waals surface area contributed by atoms with Crippen molar-refractivity contribution in [2.24, 2.45) is 0 Å². The summed E-state index contributed by atoms with van der Waals surface area (Å²) in [6.07, 6.45) is 3.77. The van der Waals surface area contributed by atoms with Crippen molar-refractivity contribution in [2.75, 3.05) is 49.9 Å². The fourth-order valence-electron chi connectivity index (χ4n) is 5.60. The van der Waals surface area contributed by atoms with E-state index in [1.807, 2.05) is 61.5 Å². The molecular formula is C36H47N5O6. The molecule has 252 valence electrons. The molecule has 11 heteroatoms. The largest absolute Gasteiger partial charge is 0.506 e. The van der Waals surface area contributed by atoms with Crippen LogP contribution in [0.5, 0.6) is 5.75 Å². The average molecular weight is 646 g/mol. The monoisotopic (exact) mass is 645 g/mol. The molecule has 47 heavy (non-hydrogen) atoms. The summed E-state index contributed by atoms with van der Waals surface area (Å²) in [7, 11) is 0. The summed E-state index contributed by atoms with van der Waals surface area (Å²) in [4.78, 5) is 38.1. The van der Waals surface area contributed by atoms with Crippen LogP contribution in [-0.4, -0.2) is 78.4 Å². The highest BCUT2D eigenvalue weighted by atomic mass is 16.6. The van der Waals surface area contributed by atoms with Gasteiger partial charge in [0.25, 0.3) is 0 Å².